The Labute approximate surface area is 139 Å². The molecule has 114 valence electrons. The number of hydrogen-bond acceptors (Lipinski definition) is 2. The predicted molar refractivity (Wildman–Crippen MR) is 93.6 cm³/mol. The topological polar surface area (TPSA) is 30.7 Å². The van der Waals surface area contributed by atoms with Crippen LogP contribution in [0, 0.1) is 10.8 Å². The summed E-state index contributed by atoms with van der Waals surface area (Å²) in [5, 5.41) is 2.73. The van der Waals surface area contributed by atoms with Gasteiger partial charge in [-0.2, -0.15) is 0 Å². The van der Waals surface area contributed by atoms with Gasteiger partial charge in [0.1, 0.15) is 5.35 Å². The second kappa shape index (κ2) is 5.36. The van der Waals surface area contributed by atoms with Crippen LogP contribution in [0.2, 0.25) is 5.02 Å². The summed E-state index contributed by atoms with van der Waals surface area (Å²) in [6.07, 6.45) is 0.884. The summed E-state index contributed by atoms with van der Waals surface area (Å²) >= 11 is 6.26. The zero-order valence-corrected chi connectivity index (χ0v) is 13.8. The maximum absolute atomic E-state index is 6.26. The van der Waals surface area contributed by atoms with E-state index in [1.54, 1.807) is 0 Å². The Morgan fingerprint density at radius 2 is 1.83 bits per heavy atom. The summed E-state index contributed by atoms with van der Waals surface area (Å²) in [6, 6.07) is 16.2. The van der Waals surface area contributed by atoms with Gasteiger partial charge in [0.2, 0.25) is 0 Å². The van der Waals surface area contributed by atoms with Crippen molar-refractivity contribution in [2.45, 2.75) is 13.3 Å². The first-order valence-corrected chi connectivity index (χ1v) is 8.07. The van der Waals surface area contributed by atoms with Crippen molar-refractivity contribution < 1.29 is 0 Å². The predicted octanol–water partition coefficient (Wildman–Crippen LogP) is 4.58. The minimum absolute atomic E-state index is 0.710. The van der Waals surface area contributed by atoms with Crippen LogP contribution in [0.25, 0.3) is 22.2 Å². The van der Waals surface area contributed by atoms with Gasteiger partial charge in [-0.1, -0.05) is 48.9 Å². The second-order valence-corrected chi connectivity index (χ2v) is 6.07. The highest BCUT2D eigenvalue weighted by atomic mass is 35.5. The number of halogens is 1. The van der Waals surface area contributed by atoms with Crippen molar-refractivity contribution in [1.29, 1.82) is 0 Å². The molecule has 0 aromatic heterocycles. The summed E-state index contributed by atoms with van der Waals surface area (Å²) < 4.78 is 2.10. The molecule has 0 bridgehead atoms. The lowest BCUT2D eigenvalue weighted by molar-refractivity contribution is 0.786. The van der Waals surface area contributed by atoms with Crippen molar-refractivity contribution in [3.8, 4) is 11.3 Å². The van der Waals surface area contributed by atoms with Gasteiger partial charge in [-0.05, 0) is 24.6 Å². The van der Waals surface area contributed by atoms with Crippen molar-refractivity contribution in [2.75, 3.05) is 0 Å². The smallest absolute Gasteiger partial charge is 0.161 e. The third-order valence-corrected chi connectivity index (χ3v) is 4.46. The molecule has 23 heavy (non-hydrogen) atoms. The normalized spacial score (nSPS) is 11.4. The van der Waals surface area contributed by atoms with E-state index in [0.29, 0.717) is 5.02 Å². The molecule has 2 aliphatic rings. The van der Waals surface area contributed by atoms with Crippen molar-refractivity contribution in [2.24, 2.45) is 7.05 Å². The van der Waals surface area contributed by atoms with E-state index in [0.717, 1.165) is 45.1 Å². The van der Waals surface area contributed by atoms with Crippen LogP contribution in [0.1, 0.15) is 12.6 Å². The molecule has 0 atom stereocenters. The minimum Gasteiger partial charge on any atom is -0.327 e. The van der Waals surface area contributed by atoms with E-state index in [4.69, 9.17) is 16.6 Å². The maximum Gasteiger partial charge on any atom is 0.161 e. The summed E-state index contributed by atoms with van der Waals surface area (Å²) in [4.78, 5) is 9.60. The number of hydrogen-bond donors (Lipinski definition) is 0. The lowest BCUT2D eigenvalue weighted by Gasteiger charge is -2.06. The Hall–Kier alpha value is -2.39. The fraction of sp³-hybridized carbons (Fsp3) is 0.158. The first-order chi connectivity index (χ1) is 11.2. The molecule has 4 rings (SSSR count). The van der Waals surface area contributed by atoms with Crippen molar-refractivity contribution >= 4 is 22.5 Å². The Bertz CT molecular complexity index is 1070. The number of nitrogens with zero attached hydrogens (tertiary/aromatic N) is 3. The van der Waals surface area contributed by atoms with Crippen molar-refractivity contribution in [1.82, 2.24) is 14.5 Å². The van der Waals surface area contributed by atoms with Gasteiger partial charge in [0.25, 0.3) is 0 Å². The fourth-order valence-electron chi connectivity index (χ4n) is 3.00. The second-order valence-electron chi connectivity index (χ2n) is 5.63. The van der Waals surface area contributed by atoms with E-state index in [1.807, 2.05) is 43.4 Å². The third-order valence-electron chi connectivity index (χ3n) is 4.22. The molecule has 0 radical (unpaired) electrons. The van der Waals surface area contributed by atoms with Crippen LogP contribution in [-0.2, 0) is 13.5 Å². The maximum atomic E-state index is 6.26. The van der Waals surface area contributed by atoms with Crippen molar-refractivity contribution in [3.05, 3.63) is 70.1 Å². The van der Waals surface area contributed by atoms with E-state index < -0.39 is 0 Å². The summed E-state index contributed by atoms with van der Waals surface area (Å²) in [7, 11) is 2.03. The Balaban J connectivity index is 2.23. The summed E-state index contributed by atoms with van der Waals surface area (Å²) in [6.45, 7) is 2.11. The van der Waals surface area contributed by atoms with Crippen LogP contribution in [0.3, 0.4) is 0 Å². The van der Waals surface area contributed by atoms with Gasteiger partial charge in [0.15, 0.2) is 5.48 Å². The molecule has 0 fully saturated rings. The Kier molecular flexibility index (Phi) is 3.31. The van der Waals surface area contributed by atoms with E-state index in [2.05, 4.69) is 28.6 Å². The molecule has 0 spiro atoms. The van der Waals surface area contributed by atoms with Crippen LogP contribution in [-0.4, -0.2) is 14.5 Å². The average molecular weight is 322 g/mol. The van der Waals surface area contributed by atoms with Gasteiger partial charge in [-0.25, -0.2) is 9.97 Å². The summed E-state index contributed by atoms with van der Waals surface area (Å²) in [5.74, 6) is 0. The molecule has 0 saturated heterocycles. The zero-order chi connectivity index (χ0) is 16.0. The van der Waals surface area contributed by atoms with E-state index in [-0.39, 0.29) is 0 Å². The number of benzene rings is 2. The van der Waals surface area contributed by atoms with E-state index in [9.17, 15) is 0 Å². The molecular weight excluding hydrogens is 306 g/mol. The van der Waals surface area contributed by atoms with Gasteiger partial charge in [-0.15, -0.1) is 0 Å². The Morgan fingerprint density at radius 3 is 2.57 bits per heavy atom. The number of fused-ring (bicyclic) bond motifs is 1. The molecule has 2 aliphatic heterocycles. The highest BCUT2D eigenvalue weighted by Gasteiger charge is 2.13. The molecule has 0 amide bonds. The zero-order valence-electron chi connectivity index (χ0n) is 13.0. The van der Waals surface area contributed by atoms with Crippen LogP contribution >= 0.6 is 11.6 Å². The van der Waals surface area contributed by atoms with Gasteiger partial charge in [-0.3, -0.25) is 0 Å². The monoisotopic (exact) mass is 321 g/mol. The molecular formula is C19H16ClN3. The quantitative estimate of drug-likeness (QED) is 0.541. The van der Waals surface area contributed by atoms with Gasteiger partial charge >= 0.3 is 0 Å². The van der Waals surface area contributed by atoms with Crippen LogP contribution in [0.4, 0.5) is 0 Å². The molecule has 3 nitrogen and oxygen atoms in total. The van der Waals surface area contributed by atoms with Gasteiger partial charge in [0, 0.05) is 23.0 Å². The number of aryl methyl sites for hydroxylation is 2. The fourth-order valence-corrected chi connectivity index (χ4v) is 3.17. The molecule has 0 unspecified atom stereocenters. The lowest BCUT2D eigenvalue weighted by Crippen LogP contribution is -2.06. The minimum atomic E-state index is 0.710. The number of aromatic nitrogens is 3. The molecule has 2 aromatic rings. The van der Waals surface area contributed by atoms with Crippen LogP contribution < -0.4 is 0 Å². The van der Waals surface area contributed by atoms with Crippen molar-refractivity contribution in [3.63, 3.8) is 0 Å². The average Bonchev–Trinajstić information content (AvgIpc) is 2.63. The molecule has 4 heteroatoms. The molecule has 2 heterocycles. The van der Waals surface area contributed by atoms with Crippen LogP contribution in [0.15, 0.2) is 48.5 Å². The van der Waals surface area contributed by atoms with E-state index in [1.165, 1.54) is 0 Å². The molecule has 0 aliphatic carbocycles. The molecule has 0 N–H and O–H groups in total. The van der Waals surface area contributed by atoms with Crippen LogP contribution in [0.5, 0.6) is 0 Å². The highest BCUT2D eigenvalue weighted by molar-refractivity contribution is 6.31. The van der Waals surface area contributed by atoms with Gasteiger partial charge in [0.05, 0.1) is 16.9 Å². The lowest BCUT2D eigenvalue weighted by atomic mass is 10.1. The van der Waals surface area contributed by atoms with Gasteiger partial charge < -0.3 is 4.57 Å². The number of rotatable bonds is 2. The molecule has 0 saturated carbocycles. The molecule has 2 aromatic carbocycles. The summed E-state index contributed by atoms with van der Waals surface area (Å²) in [5.41, 5.74) is 5.08. The Morgan fingerprint density at radius 1 is 1.04 bits per heavy atom. The third kappa shape index (κ3) is 2.20. The largest absolute Gasteiger partial charge is 0.327 e. The van der Waals surface area contributed by atoms with E-state index >= 15 is 0 Å². The standard InChI is InChI=1S/C19H16ClN3/c1-3-15-18-19(21-15)23(2)16-10-9-13(20)11-14(16)17(22-18)12-7-5-4-6-8-12/h4-11H,3H2,1-2H3. The first-order valence-electron chi connectivity index (χ1n) is 7.69. The highest BCUT2D eigenvalue weighted by Crippen LogP contribution is 2.28. The first kappa shape index (κ1) is 14.2. The SMILES string of the molecule is CCc1nc2n(C)c3ccc(Cl)cc3c(-c3ccccc3)nc1=2.